The number of amides is 3. The summed E-state index contributed by atoms with van der Waals surface area (Å²) in [6.45, 7) is 0. The molecule has 2 aromatic carbocycles. The average molecular weight is 428 g/mol. The van der Waals surface area contributed by atoms with Crippen LogP contribution < -0.4 is 15.4 Å². The predicted octanol–water partition coefficient (Wildman–Crippen LogP) is 4.24. The summed E-state index contributed by atoms with van der Waals surface area (Å²) in [5.74, 6) is -1.12. The molecule has 1 fully saturated rings. The molecule has 3 amide bonds. The molecule has 0 bridgehead atoms. The van der Waals surface area contributed by atoms with E-state index in [1.165, 1.54) is 24.3 Å². The Hall–Kier alpha value is -3.60. The molecule has 1 aliphatic rings. The fourth-order valence-corrected chi connectivity index (χ4v) is 2.61. The Labute approximate surface area is 165 Å². The van der Waals surface area contributed by atoms with E-state index in [1.54, 1.807) is 0 Å². The largest absolute Gasteiger partial charge is 0.449 e. The van der Waals surface area contributed by atoms with Gasteiger partial charge in [0.05, 0.1) is 15.5 Å². The normalized spacial score (nSPS) is 15.2. The summed E-state index contributed by atoms with van der Waals surface area (Å²) >= 11 is 6.07. The number of hydrogen-bond donors (Lipinski definition) is 2. The molecule has 1 aliphatic heterocycles. The van der Waals surface area contributed by atoms with Gasteiger partial charge in [0, 0.05) is 6.07 Å². The lowest BCUT2D eigenvalue weighted by molar-refractivity contribution is -0.385. The molecule has 2 N–H and O–H groups in total. The lowest BCUT2D eigenvalue weighted by Crippen LogP contribution is -2.22. The van der Waals surface area contributed by atoms with E-state index in [0.29, 0.717) is 17.7 Å². The maximum atomic E-state index is 12.8. The van der Waals surface area contributed by atoms with Crippen LogP contribution in [0.2, 0.25) is 5.02 Å². The number of nitro benzene ring substituents is 1. The van der Waals surface area contributed by atoms with Gasteiger partial charge in [0.1, 0.15) is 11.4 Å². The molecule has 0 aliphatic carbocycles. The summed E-state index contributed by atoms with van der Waals surface area (Å²) in [6.07, 6.45) is -3.42. The Balaban J connectivity index is 1.89. The Bertz CT molecular complexity index is 1070. The second kappa shape index (κ2) is 7.43. The quantitative estimate of drug-likeness (QED) is 0.328. The number of halogens is 4. The summed E-state index contributed by atoms with van der Waals surface area (Å²) in [5, 5.41) is 15.4. The third kappa shape index (κ3) is 4.46. The summed E-state index contributed by atoms with van der Waals surface area (Å²) in [5.41, 5.74) is -1.69. The first-order valence-corrected chi connectivity index (χ1v) is 8.09. The first-order valence-electron chi connectivity index (χ1n) is 7.71. The van der Waals surface area contributed by atoms with Crippen LogP contribution in [0.25, 0.3) is 6.08 Å². The molecular weight excluding hydrogens is 419 g/mol. The van der Waals surface area contributed by atoms with Crippen LogP contribution in [0.1, 0.15) is 11.1 Å². The van der Waals surface area contributed by atoms with E-state index in [2.05, 4.69) is 5.32 Å². The number of ether oxygens (including phenoxy) is 1. The third-order valence-electron chi connectivity index (χ3n) is 3.69. The van der Waals surface area contributed by atoms with Gasteiger partial charge in [-0.25, -0.2) is 4.79 Å². The van der Waals surface area contributed by atoms with Crippen molar-refractivity contribution in [2.75, 3.05) is 0 Å². The molecule has 0 aromatic heterocycles. The van der Waals surface area contributed by atoms with Crippen molar-refractivity contribution < 1.29 is 32.4 Å². The highest BCUT2D eigenvalue weighted by Crippen LogP contribution is 2.39. The highest BCUT2D eigenvalue weighted by atomic mass is 35.5. The molecule has 1 heterocycles. The number of hydrogen-bond acceptors (Lipinski definition) is 5. The van der Waals surface area contributed by atoms with Crippen LogP contribution in [0.4, 0.5) is 23.7 Å². The van der Waals surface area contributed by atoms with E-state index in [-0.39, 0.29) is 16.5 Å². The van der Waals surface area contributed by atoms with Crippen molar-refractivity contribution in [2.45, 2.75) is 6.18 Å². The van der Waals surface area contributed by atoms with E-state index in [4.69, 9.17) is 16.3 Å². The monoisotopic (exact) mass is 427 g/mol. The van der Waals surface area contributed by atoms with Gasteiger partial charge in [0.25, 0.3) is 5.91 Å². The fourth-order valence-electron chi connectivity index (χ4n) is 2.38. The van der Waals surface area contributed by atoms with Gasteiger partial charge >= 0.3 is 17.9 Å². The van der Waals surface area contributed by atoms with Crippen molar-refractivity contribution in [3.8, 4) is 11.5 Å². The molecular formula is C17H9ClF3N3O5. The van der Waals surface area contributed by atoms with Gasteiger partial charge in [-0.15, -0.1) is 0 Å². The number of carbonyl (C=O) groups is 2. The first-order chi connectivity index (χ1) is 13.5. The van der Waals surface area contributed by atoms with Crippen molar-refractivity contribution in [3.05, 3.63) is 68.4 Å². The number of nitro groups is 1. The Morgan fingerprint density at radius 1 is 1.07 bits per heavy atom. The zero-order valence-electron chi connectivity index (χ0n) is 14.0. The number of carbonyl (C=O) groups excluding carboxylic acids is 2. The average Bonchev–Trinajstić information content (AvgIpc) is 2.93. The van der Waals surface area contributed by atoms with Crippen molar-refractivity contribution >= 4 is 35.3 Å². The van der Waals surface area contributed by atoms with Crippen LogP contribution >= 0.6 is 11.6 Å². The minimum atomic E-state index is -4.75. The van der Waals surface area contributed by atoms with Crippen LogP contribution in [-0.4, -0.2) is 16.9 Å². The lowest BCUT2D eigenvalue weighted by atomic mass is 10.1. The second-order valence-electron chi connectivity index (χ2n) is 5.70. The Kier molecular flexibility index (Phi) is 5.16. The molecule has 1 saturated heterocycles. The molecule has 2 aromatic rings. The molecule has 0 radical (unpaired) electrons. The molecule has 0 unspecified atom stereocenters. The molecule has 8 nitrogen and oxygen atoms in total. The molecule has 0 atom stereocenters. The number of nitrogens with one attached hydrogen (secondary N) is 2. The van der Waals surface area contributed by atoms with Gasteiger partial charge in [-0.3, -0.25) is 20.2 Å². The highest BCUT2D eigenvalue weighted by Gasteiger charge is 2.33. The SMILES string of the molecule is O=C1NC(=O)/C(=C/c2ccc(Oc3ccc(C(F)(F)F)cc3[N+](=O)[O-])c(Cl)c2)N1. The fraction of sp³-hybridized carbons (Fsp3) is 0.0588. The smallest absolute Gasteiger partial charge is 0.416 e. The number of benzene rings is 2. The summed E-state index contributed by atoms with van der Waals surface area (Å²) in [6, 6.07) is 5.25. The number of nitrogens with zero attached hydrogens (tertiary/aromatic N) is 1. The van der Waals surface area contributed by atoms with Crippen molar-refractivity contribution in [3.63, 3.8) is 0 Å². The third-order valence-corrected chi connectivity index (χ3v) is 3.99. The Morgan fingerprint density at radius 2 is 1.76 bits per heavy atom. The molecule has 12 heteroatoms. The summed E-state index contributed by atoms with van der Waals surface area (Å²) in [7, 11) is 0. The highest BCUT2D eigenvalue weighted by molar-refractivity contribution is 6.32. The topological polar surface area (TPSA) is 111 Å². The van der Waals surface area contributed by atoms with Gasteiger partial charge in [0.2, 0.25) is 5.75 Å². The number of imide groups is 1. The van der Waals surface area contributed by atoms with Gasteiger partial charge in [-0.05, 0) is 35.9 Å². The number of rotatable bonds is 4. The van der Waals surface area contributed by atoms with E-state index in [0.717, 1.165) is 6.07 Å². The van der Waals surface area contributed by atoms with Crippen molar-refractivity contribution in [2.24, 2.45) is 0 Å². The second-order valence-corrected chi connectivity index (χ2v) is 6.10. The predicted molar refractivity (Wildman–Crippen MR) is 94.3 cm³/mol. The first kappa shape index (κ1) is 20.1. The maximum absolute atomic E-state index is 12.8. The van der Waals surface area contributed by atoms with Crippen LogP contribution in [-0.2, 0) is 11.0 Å². The lowest BCUT2D eigenvalue weighted by Gasteiger charge is -2.11. The van der Waals surface area contributed by atoms with Crippen LogP contribution in [0.15, 0.2) is 42.1 Å². The minimum Gasteiger partial charge on any atom is -0.449 e. The molecule has 0 saturated carbocycles. The summed E-state index contributed by atoms with van der Waals surface area (Å²) in [4.78, 5) is 32.7. The van der Waals surface area contributed by atoms with Gasteiger partial charge in [0.15, 0.2) is 0 Å². The van der Waals surface area contributed by atoms with Crippen molar-refractivity contribution in [1.82, 2.24) is 10.6 Å². The Morgan fingerprint density at radius 3 is 2.31 bits per heavy atom. The van der Waals surface area contributed by atoms with E-state index in [1.807, 2.05) is 5.32 Å². The molecule has 0 spiro atoms. The van der Waals surface area contributed by atoms with E-state index < -0.39 is 40.0 Å². The van der Waals surface area contributed by atoms with Crippen LogP contribution in [0.3, 0.4) is 0 Å². The van der Waals surface area contributed by atoms with Gasteiger partial charge in [-0.1, -0.05) is 17.7 Å². The van der Waals surface area contributed by atoms with E-state index >= 15 is 0 Å². The maximum Gasteiger partial charge on any atom is 0.416 e. The van der Waals surface area contributed by atoms with Gasteiger partial charge < -0.3 is 10.1 Å². The zero-order valence-corrected chi connectivity index (χ0v) is 14.8. The molecule has 3 rings (SSSR count). The van der Waals surface area contributed by atoms with Crippen LogP contribution in [0, 0.1) is 10.1 Å². The number of urea groups is 1. The van der Waals surface area contributed by atoms with Crippen LogP contribution in [0.5, 0.6) is 11.5 Å². The molecule has 29 heavy (non-hydrogen) atoms. The van der Waals surface area contributed by atoms with Crippen molar-refractivity contribution in [1.29, 1.82) is 0 Å². The standard InChI is InChI=1S/C17H9ClF3N3O5/c18-10-5-8(6-11-15(25)23-16(26)22-11)1-3-13(10)29-14-4-2-9(17(19,20)21)7-12(14)24(27)28/h1-7H,(H2,22,23,25,26)/b11-6-. The van der Waals surface area contributed by atoms with E-state index in [9.17, 15) is 32.9 Å². The zero-order chi connectivity index (χ0) is 21.3. The summed E-state index contributed by atoms with van der Waals surface area (Å²) < 4.78 is 43.6. The van der Waals surface area contributed by atoms with Gasteiger partial charge in [-0.2, -0.15) is 13.2 Å². The molecule has 150 valence electrons. The minimum absolute atomic E-state index is 0.0156. The number of alkyl halides is 3.